The molecule has 7 heteroatoms. The van der Waals surface area contributed by atoms with Gasteiger partial charge in [0.2, 0.25) is 0 Å². The second kappa shape index (κ2) is 6.16. The van der Waals surface area contributed by atoms with Gasteiger partial charge in [0, 0.05) is 5.88 Å². The molecule has 17 heavy (non-hydrogen) atoms. The van der Waals surface area contributed by atoms with E-state index in [-0.39, 0.29) is 18.0 Å². The second-order valence-electron chi connectivity index (χ2n) is 5.24. The molecule has 0 radical (unpaired) electrons. The van der Waals surface area contributed by atoms with Gasteiger partial charge in [-0.05, 0) is 34.6 Å². The Balaban J connectivity index is 4.44. The van der Waals surface area contributed by atoms with Crippen molar-refractivity contribution in [2.24, 2.45) is 16.1 Å². The molecule has 0 aromatic rings. The molecule has 0 fully saturated rings. The minimum atomic E-state index is -0.797. The molecule has 0 atom stereocenters. The van der Waals surface area contributed by atoms with Crippen molar-refractivity contribution in [3.63, 3.8) is 0 Å². The zero-order chi connectivity index (χ0) is 13.7. The van der Waals surface area contributed by atoms with Crippen LogP contribution in [0.3, 0.4) is 0 Å². The number of carbonyl (C=O) groups excluding carboxylic acids is 1. The lowest BCUT2D eigenvalue weighted by atomic mass is 10.1. The number of nitrogens with one attached hydrogen (secondary N) is 1. The topological polar surface area (TPSA) is 83.1 Å². The summed E-state index contributed by atoms with van der Waals surface area (Å²) in [4.78, 5) is 11.6. The SMILES string of the molecule is CC(C)(C)N=NC(C)(C)NC(=O)N(N)CCCl. The standard InChI is InChI=1S/C10H22ClN5O/c1-9(2,3)14-15-10(4,5)13-8(17)16(12)7-6-11/h6-7,12H2,1-5H3,(H,13,17). The quantitative estimate of drug-likeness (QED) is 0.268. The largest absolute Gasteiger partial charge is 0.333 e. The number of alkyl halides is 1. The van der Waals surface area contributed by atoms with Gasteiger partial charge in [-0.3, -0.25) is 5.01 Å². The number of urea groups is 1. The van der Waals surface area contributed by atoms with Gasteiger partial charge < -0.3 is 5.32 Å². The lowest BCUT2D eigenvalue weighted by molar-refractivity contribution is 0.190. The fraction of sp³-hybridized carbons (Fsp3) is 0.900. The molecule has 0 aliphatic heterocycles. The van der Waals surface area contributed by atoms with Crippen LogP contribution in [0.4, 0.5) is 4.79 Å². The predicted octanol–water partition coefficient (Wildman–Crippen LogP) is 2.10. The van der Waals surface area contributed by atoms with Gasteiger partial charge in [-0.1, -0.05) is 0 Å². The monoisotopic (exact) mass is 263 g/mol. The first kappa shape index (κ1) is 16.1. The third-order valence-electron chi connectivity index (χ3n) is 1.60. The van der Waals surface area contributed by atoms with Crippen LogP contribution < -0.4 is 11.2 Å². The highest BCUT2D eigenvalue weighted by molar-refractivity contribution is 6.18. The maximum Gasteiger partial charge on any atom is 0.333 e. The van der Waals surface area contributed by atoms with Crippen LogP contribution in [0.2, 0.25) is 0 Å². The number of azo groups is 1. The second-order valence-corrected chi connectivity index (χ2v) is 5.62. The maximum atomic E-state index is 11.6. The summed E-state index contributed by atoms with van der Waals surface area (Å²) in [7, 11) is 0. The van der Waals surface area contributed by atoms with Crippen LogP contribution in [0.25, 0.3) is 0 Å². The molecule has 0 bridgehead atoms. The summed E-state index contributed by atoms with van der Waals surface area (Å²) in [6, 6.07) is -0.427. The maximum absolute atomic E-state index is 11.6. The van der Waals surface area contributed by atoms with Crippen molar-refractivity contribution in [2.45, 2.75) is 45.8 Å². The fourth-order valence-electron chi connectivity index (χ4n) is 0.826. The number of amides is 2. The Morgan fingerprint density at radius 1 is 1.29 bits per heavy atom. The van der Waals surface area contributed by atoms with Gasteiger partial charge in [-0.15, -0.1) is 11.6 Å². The summed E-state index contributed by atoms with van der Waals surface area (Å²) in [6.07, 6.45) is 0. The van der Waals surface area contributed by atoms with E-state index in [1.54, 1.807) is 13.8 Å². The van der Waals surface area contributed by atoms with Crippen molar-refractivity contribution in [3.05, 3.63) is 0 Å². The molecule has 0 spiro atoms. The first-order valence-electron chi connectivity index (χ1n) is 5.42. The Morgan fingerprint density at radius 2 is 1.82 bits per heavy atom. The zero-order valence-corrected chi connectivity index (χ0v) is 11.9. The third kappa shape index (κ3) is 7.93. The number of nitrogens with zero attached hydrogens (tertiary/aromatic N) is 3. The number of hydrogen-bond acceptors (Lipinski definition) is 4. The Bertz CT molecular complexity index is 285. The number of carbonyl (C=O) groups is 1. The first-order chi connectivity index (χ1) is 7.57. The molecular formula is C10H22ClN5O. The molecule has 0 aromatic carbocycles. The summed E-state index contributed by atoms with van der Waals surface area (Å²) in [5, 5.41) is 11.9. The minimum absolute atomic E-state index is 0.277. The molecule has 0 unspecified atom stereocenters. The van der Waals surface area contributed by atoms with Gasteiger partial charge in [-0.25, -0.2) is 10.6 Å². The molecule has 0 aromatic heterocycles. The van der Waals surface area contributed by atoms with Crippen LogP contribution in [-0.4, -0.2) is 34.7 Å². The van der Waals surface area contributed by atoms with Gasteiger partial charge in [0.25, 0.3) is 0 Å². The van der Waals surface area contributed by atoms with Gasteiger partial charge in [-0.2, -0.15) is 10.2 Å². The number of halogens is 1. The van der Waals surface area contributed by atoms with E-state index in [1.165, 1.54) is 0 Å². The summed E-state index contributed by atoms with van der Waals surface area (Å²) < 4.78 is 0. The highest BCUT2D eigenvalue weighted by Gasteiger charge is 2.22. The van der Waals surface area contributed by atoms with E-state index in [1.807, 2.05) is 20.8 Å². The minimum Gasteiger partial charge on any atom is -0.311 e. The van der Waals surface area contributed by atoms with Crippen LogP contribution in [-0.2, 0) is 0 Å². The molecule has 0 aliphatic carbocycles. The van der Waals surface area contributed by atoms with E-state index in [0.29, 0.717) is 0 Å². The molecule has 100 valence electrons. The molecule has 0 aliphatic rings. The molecule has 6 nitrogen and oxygen atoms in total. The fourth-order valence-corrected chi connectivity index (χ4v) is 1.01. The van der Waals surface area contributed by atoms with Crippen molar-refractivity contribution in [2.75, 3.05) is 12.4 Å². The van der Waals surface area contributed by atoms with Crippen molar-refractivity contribution >= 4 is 17.6 Å². The van der Waals surface area contributed by atoms with Crippen molar-refractivity contribution < 1.29 is 4.79 Å². The molecule has 0 saturated heterocycles. The first-order valence-corrected chi connectivity index (χ1v) is 5.95. The number of nitrogens with two attached hydrogens (primary N) is 1. The predicted molar refractivity (Wildman–Crippen MR) is 68.8 cm³/mol. The highest BCUT2D eigenvalue weighted by Crippen LogP contribution is 2.12. The Labute approximate surface area is 108 Å². The van der Waals surface area contributed by atoms with Crippen LogP contribution in [0.5, 0.6) is 0 Å². The van der Waals surface area contributed by atoms with E-state index >= 15 is 0 Å². The molecule has 0 rings (SSSR count). The summed E-state index contributed by atoms with van der Waals surface area (Å²) in [5.41, 5.74) is -1.07. The number of hydrogen-bond donors (Lipinski definition) is 2. The van der Waals surface area contributed by atoms with Crippen LogP contribution in [0.1, 0.15) is 34.6 Å². The van der Waals surface area contributed by atoms with Crippen LogP contribution in [0.15, 0.2) is 10.2 Å². The Kier molecular flexibility index (Phi) is 5.84. The lowest BCUT2D eigenvalue weighted by Crippen LogP contribution is -2.52. The third-order valence-corrected chi connectivity index (χ3v) is 1.77. The van der Waals surface area contributed by atoms with Gasteiger partial charge in [0.15, 0.2) is 0 Å². The van der Waals surface area contributed by atoms with Crippen molar-refractivity contribution in [1.82, 2.24) is 10.3 Å². The van der Waals surface area contributed by atoms with E-state index in [0.717, 1.165) is 5.01 Å². The van der Waals surface area contributed by atoms with Gasteiger partial charge >= 0.3 is 6.03 Å². The Hall–Kier alpha value is -0.880. The summed E-state index contributed by atoms with van der Waals surface area (Å²) in [6.45, 7) is 9.55. The van der Waals surface area contributed by atoms with E-state index in [4.69, 9.17) is 17.4 Å². The molecule has 0 saturated carbocycles. The molecular weight excluding hydrogens is 242 g/mol. The molecule has 3 N–H and O–H groups in total. The average molecular weight is 264 g/mol. The zero-order valence-electron chi connectivity index (χ0n) is 11.1. The summed E-state index contributed by atoms with van der Waals surface area (Å²) in [5.74, 6) is 5.77. The van der Waals surface area contributed by atoms with Gasteiger partial charge in [0.05, 0.1) is 12.1 Å². The smallest absolute Gasteiger partial charge is 0.311 e. The molecule has 2 amide bonds. The van der Waals surface area contributed by atoms with Crippen LogP contribution in [0, 0.1) is 0 Å². The molecule has 0 heterocycles. The summed E-state index contributed by atoms with van der Waals surface area (Å²) >= 11 is 5.49. The number of rotatable bonds is 4. The van der Waals surface area contributed by atoms with Crippen molar-refractivity contribution in [1.29, 1.82) is 0 Å². The number of hydrazine groups is 1. The van der Waals surface area contributed by atoms with E-state index in [2.05, 4.69) is 15.5 Å². The Morgan fingerprint density at radius 3 is 2.24 bits per heavy atom. The normalized spacial score (nSPS) is 12.9. The lowest BCUT2D eigenvalue weighted by Gasteiger charge is -2.25. The van der Waals surface area contributed by atoms with Crippen LogP contribution >= 0.6 is 11.6 Å². The van der Waals surface area contributed by atoms with Crippen molar-refractivity contribution in [3.8, 4) is 0 Å². The van der Waals surface area contributed by atoms with E-state index in [9.17, 15) is 4.79 Å². The van der Waals surface area contributed by atoms with E-state index < -0.39 is 11.7 Å². The average Bonchev–Trinajstić information content (AvgIpc) is 2.14. The van der Waals surface area contributed by atoms with Gasteiger partial charge in [0.1, 0.15) is 5.66 Å². The highest BCUT2D eigenvalue weighted by atomic mass is 35.5.